The second kappa shape index (κ2) is 10.7. The maximum Gasteiger partial charge on any atom is 0.440 e. The van der Waals surface area contributed by atoms with E-state index in [0.29, 0.717) is 0 Å². The van der Waals surface area contributed by atoms with Crippen LogP contribution in [0.3, 0.4) is 0 Å². The standard InChI is InChI=1S/C28H22F6O4S2/c1-19-3-11-25(12-4-19)40(35,36)26-17-9-22(10-18-26)38-21-7-15-24(16-8-21)39(27(29,30)31,28(32,33)34)23-13-5-20(37-2)6-14-23/h3-18H,1-2H3. The van der Waals surface area contributed by atoms with Crippen molar-refractivity contribution in [3.63, 3.8) is 0 Å². The zero-order valence-corrected chi connectivity index (χ0v) is 22.6. The number of hydrogen-bond donors (Lipinski definition) is 0. The van der Waals surface area contributed by atoms with E-state index in [-0.39, 0.29) is 27.0 Å². The van der Waals surface area contributed by atoms with Crippen LogP contribution in [0.2, 0.25) is 0 Å². The molecule has 4 aromatic rings. The zero-order chi connectivity index (χ0) is 29.3. The van der Waals surface area contributed by atoms with E-state index in [1.807, 2.05) is 6.92 Å². The van der Waals surface area contributed by atoms with Crippen LogP contribution in [-0.2, 0) is 9.84 Å². The van der Waals surface area contributed by atoms with Gasteiger partial charge in [0.15, 0.2) is 0 Å². The Kier molecular flexibility index (Phi) is 7.88. The molecule has 0 aliphatic heterocycles. The summed E-state index contributed by atoms with van der Waals surface area (Å²) < 4.78 is 122. The molecule has 40 heavy (non-hydrogen) atoms. The van der Waals surface area contributed by atoms with E-state index in [2.05, 4.69) is 0 Å². The number of ether oxygens (including phenoxy) is 2. The third kappa shape index (κ3) is 5.37. The number of hydrogen-bond acceptors (Lipinski definition) is 4. The Balaban J connectivity index is 1.65. The maximum absolute atomic E-state index is 14.4. The van der Waals surface area contributed by atoms with E-state index in [9.17, 15) is 34.8 Å². The SMILES string of the molecule is COc1ccc(S(c2ccc(Oc3ccc(S(=O)(=O)c4ccc(C)cc4)cc3)cc2)(C(F)(F)F)C(F)(F)F)cc1. The number of halogens is 6. The topological polar surface area (TPSA) is 52.6 Å². The predicted molar refractivity (Wildman–Crippen MR) is 139 cm³/mol. The van der Waals surface area contributed by atoms with Gasteiger partial charge in [0.1, 0.15) is 17.2 Å². The molecule has 0 amide bonds. The van der Waals surface area contributed by atoms with E-state index >= 15 is 0 Å². The molecule has 0 aromatic heterocycles. The molecular formula is C28H22F6O4S2. The van der Waals surface area contributed by atoms with Gasteiger partial charge >= 0.3 is 11.0 Å². The highest BCUT2D eigenvalue weighted by Gasteiger charge is 2.68. The van der Waals surface area contributed by atoms with Crippen molar-refractivity contribution in [1.29, 1.82) is 0 Å². The Morgan fingerprint density at radius 1 is 0.525 bits per heavy atom. The molecule has 0 bridgehead atoms. The number of alkyl halides is 6. The van der Waals surface area contributed by atoms with Crippen LogP contribution in [0.5, 0.6) is 17.2 Å². The molecule has 0 spiro atoms. The highest BCUT2D eigenvalue weighted by molar-refractivity contribution is 8.35. The molecular weight excluding hydrogens is 578 g/mol. The minimum atomic E-state index is -5.65. The van der Waals surface area contributed by atoms with Crippen molar-refractivity contribution in [2.75, 3.05) is 7.11 Å². The van der Waals surface area contributed by atoms with Crippen LogP contribution in [0.1, 0.15) is 5.56 Å². The third-order valence-corrected chi connectivity index (χ3v) is 11.1. The second-order valence-corrected chi connectivity index (χ2v) is 13.6. The fourth-order valence-corrected chi connectivity index (χ4v) is 7.92. The summed E-state index contributed by atoms with van der Waals surface area (Å²) in [5.74, 6) is 0.212. The number of rotatable bonds is 7. The average Bonchev–Trinajstić information content (AvgIpc) is 2.89. The van der Waals surface area contributed by atoms with E-state index < -0.39 is 40.7 Å². The summed E-state index contributed by atoms with van der Waals surface area (Å²) in [5.41, 5.74) is -10.4. The van der Waals surface area contributed by atoms with Crippen LogP contribution in [0.15, 0.2) is 117 Å². The highest BCUT2D eigenvalue weighted by atomic mass is 32.3. The summed E-state index contributed by atoms with van der Waals surface area (Å²) in [6.45, 7) is 1.82. The van der Waals surface area contributed by atoms with Crippen LogP contribution in [0.25, 0.3) is 0 Å². The van der Waals surface area contributed by atoms with Crippen LogP contribution in [0, 0.1) is 6.92 Å². The lowest BCUT2D eigenvalue weighted by atomic mass is 10.2. The first-order valence-corrected chi connectivity index (χ1v) is 14.6. The first kappa shape index (κ1) is 29.3. The summed E-state index contributed by atoms with van der Waals surface area (Å²) in [6.07, 6.45) is 0. The van der Waals surface area contributed by atoms with Crippen LogP contribution in [-0.4, -0.2) is 26.5 Å². The minimum absolute atomic E-state index is 0.0118. The van der Waals surface area contributed by atoms with Gasteiger partial charge in [-0.15, -0.1) is 0 Å². The van der Waals surface area contributed by atoms with Gasteiger partial charge in [-0.25, -0.2) is 8.42 Å². The Bertz CT molecular complexity index is 1550. The van der Waals surface area contributed by atoms with E-state index in [4.69, 9.17) is 9.47 Å². The van der Waals surface area contributed by atoms with E-state index in [1.54, 1.807) is 12.1 Å². The second-order valence-electron chi connectivity index (χ2n) is 8.54. The summed E-state index contributed by atoms with van der Waals surface area (Å²) in [6, 6.07) is 18.7. The highest BCUT2D eigenvalue weighted by Crippen LogP contribution is 2.80. The zero-order valence-electron chi connectivity index (χ0n) is 21.0. The van der Waals surface area contributed by atoms with Gasteiger partial charge in [-0.3, -0.25) is 0 Å². The molecule has 0 unspecified atom stereocenters. The average molecular weight is 601 g/mol. The number of benzene rings is 4. The van der Waals surface area contributed by atoms with Gasteiger partial charge in [0.2, 0.25) is 9.84 Å². The molecule has 0 saturated heterocycles. The first-order chi connectivity index (χ1) is 18.7. The van der Waals surface area contributed by atoms with E-state index in [1.165, 1.54) is 43.5 Å². The lowest BCUT2D eigenvalue weighted by Gasteiger charge is -2.42. The van der Waals surface area contributed by atoms with Gasteiger partial charge in [-0.2, -0.15) is 26.3 Å². The predicted octanol–water partition coefficient (Wildman–Crippen LogP) is 8.89. The molecule has 0 fully saturated rings. The van der Waals surface area contributed by atoms with Crippen LogP contribution >= 0.6 is 10.0 Å². The molecule has 12 heteroatoms. The van der Waals surface area contributed by atoms with Crippen molar-refractivity contribution in [1.82, 2.24) is 0 Å². The maximum atomic E-state index is 14.4. The van der Waals surface area contributed by atoms with Crippen LogP contribution < -0.4 is 9.47 Å². The summed E-state index contributed by atoms with van der Waals surface area (Å²) >= 11 is 0. The van der Waals surface area contributed by atoms with Crippen LogP contribution in [0.4, 0.5) is 26.3 Å². The fourth-order valence-electron chi connectivity index (χ4n) is 3.97. The Hall–Kier alpha value is -3.64. The number of sulfone groups is 1. The molecule has 4 nitrogen and oxygen atoms in total. The number of methoxy groups -OCH3 is 1. The van der Waals surface area contributed by atoms with Gasteiger partial charge in [0.05, 0.1) is 16.9 Å². The quantitative estimate of drug-likeness (QED) is 0.199. The molecule has 0 aliphatic rings. The molecule has 4 rings (SSSR count). The van der Waals surface area contributed by atoms with Gasteiger partial charge in [-0.05, 0) is 91.9 Å². The van der Waals surface area contributed by atoms with Crippen molar-refractivity contribution in [3.8, 4) is 17.2 Å². The van der Waals surface area contributed by atoms with Gasteiger partial charge in [-0.1, -0.05) is 17.7 Å². The van der Waals surface area contributed by atoms with Gasteiger partial charge in [0, 0.05) is 19.8 Å². The molecule has 0 radical (unpaired) electrons. The molecule has 0 atom stereocenters. The minimum Gasteiger partial charge on any atom is -0.497 e. The Labute approximate surface area is 228 Å². The van der Waals surface area contributed by atoms with E-state index in [0.717, 1.165) is 54.1 Å². The fraction of sp³-hybridized carbons (Fsp3) is 0.143. The largest absolute Gasteiger partial charge is 0.497 e. The van der Waals surface area contributed by atoms with Gasteiger partial charge in [0.25, 0.3) is 0 Å². The van der Waals surface area contributed by atoms with Crippen molar-refractivity contribution in [2.45, 2.75) is 37.5 Å². The summed E-state index contributed by atoms with van der Waals surface area (Å²) in [4.78, 5) is -1.82. The smallest absolute Gasteiger partial charge is 0.440 e. The molecule has 0 heterocycles. The summed E-state index contributed by atoms with van der Waals surface area (Å²) in [7, 11) is -8.08. The Morgan fingerprint density at radius 3 is 1.20 bits per heavy atom. The number of aryl methyl sites for hydroxylation is 1. The first-order valence-electron chi connectivity index (χ1n) is 11.5. The molecule has 0 saturated carbocycles. The van der Waals surface area contributed by atoms with Gasteiger partial charge < -0.3 is 9.47 Å². The molecule has 4 aromatic carbocycles. The molecule has 0 N–H and O–H groups in total. The lowest BCUT2D eigenvalue weighted by molar-refractivity contribution is -0.0801. The van der Waals surface area contributed by atoms with Crippen molar-refractivity contribution in [3.05, 3.63) is 103 Å². The molecule has 0 aliphatic carbocycles. The lowest BCUT2D eigenvalue weighted by Crippen LogP contribution is -2.33. The van der Waals surface area contributed by atoms with Crippen molar-refractivity contribution >= 4 is 19.9 Å². The van der Waals surface area contributed by atoms with Crippen molar-refractivity contribution in [2.24, 2.45) is 0 Å². The summed E-state index contributed by atoms with van der Waals surface area (Å²) in [5, 5.41) is 0. The normalized spacial score (nSPS) is 13.1. The Morgan fingerprint density at radius 2 is 0.850 bits per heavy atom. The van der Waals surface area contributed by atoms with Crippen molar-refractivity contribution < 1.29 is 44.2 Å². The molecule has 212 valence electrons. The monoisotopic (exact) mass is 600 g/mol. The third-order valence-electron chi connectivity index (χ3n) is 5.99.